The summed E-state index contributed by atoms with van der Waals surface area (Å²) in [6.07, 6.45) is 3.53. The van der Waals surface area contributed by atoms with Crippen molar-refractivity contribution < 1.29 is 13.2 Å². The van der Waals surface area contributed by atoms with Crippen molar-refractivity contribution in [1.82, 2.24) is 14.2 Å². The third kappa shape index (κ3) is 7.20. The van der Waals surface area contributed by atoms with Crippen molar-refractivity contribution in [3.05, 3.63) is 48.0 Å². The van der Waals surface area contributed by atoms with Crippen LogP contribution in [0.25, 0.3) is 10.2 Å². The van der Waals surface area contributed by atoms with Gasteiger partial charge in [-0.1, -0.05) is 25.2 Å². The van der Waals surface area contributed by atoms with Gasteiger partial charge in [0.1, 0.15) is 0 Å². The number of anilines is 1. The molecule has 2 aromatic carbocycles. The van der Waals surface area contributed by atoms with Gasteiger partial charge < -0.3 is 4.90 Å². The number of aromatic nitrogens is 1. The molecule has 0 aliphatic rings. The number of benzene rings is 2. The molecule has 1 amide bonds. The van der Waals surface area contributed by atoms with E-state index in [0.717, 1.165) is 28.0 Å². The lowest BCUT2D eigenvalue weighted by atomic mass is 10.2. The lowest BCUT2D eigenvalue weighted by Gasteiger charge is -2.23. The molecular weight excluding hydrogens is 536 g/mol. The van der Waals surface area contributed by atoms with Crippen LogP contribution in [0.1, 0.15) is 37.0 Å². The fraction of sp³-hybridized carbons (Fsp3) is 0.440. The summed E-state index contributed by atoms with van der Waals surface area (Å²) in [5, 5.41) is 0.638. The molecule has 3 aromatic rings. The van der Waals surface area contributed by atoms with Gasteiger partial charge in [-0.2, -0.15) is 4.31 Å². The molecule has 36 heavy (non-hydrogen) atoms. The summed E-state index contributed by atoms with van der Waals surface area (Å²) in [5.74, 6) is -0.195. The Morgan fingerprint density at radius 2 is 1.61 bits per heavy atom. The first-order valence-corrected chi connectivity index (χ1v) is 15.2. The fourth-order valence-corrected chi connectivity index (χ4v) is 6.81. The van der Waals surface area contributed by atoms with E-state index in [1.165, 1.54) is 27.8 Å². The van der Waals surface area contributed by atoms with E-state index in [4.69, 9.17) is 4.98 Å². The minimum absolute atomic E-state index is 0. The van der Waals surface area contributed by atoms with Crippen LogP contribution < -0.4 is 4.90 Å². The number of hydrogen-bond acceptors (Lipinski definition) is 7. The highest BCUT2D eigenvalue weighted by Crippen LogP contribution is 2.32. The van der Waals surface area contributed by atoms with Gasteiger partial charge in [-0.25, -0.2) is 13.4 Å². The molecule has 0 bridgehead atoms. The number of amides is 1. The Hall–Kier alpha value is -1.69. The number of carbonyl (C=O) groups excluding carboxylic acids is 1. The van der Waals surface area contributed by atoms with Gasteiger partial charge in [0.2, 0.25) is 10.0 Å². The van der Waals surface area contributed by atoms with E-state index < -0.39 is 10.0 Å². The lowest BCUT2D eigenvalue weighted by Crippen LogP contribution is -2.36. The Kier molecular flexibility index (Phi) is 11.7. The summed E-state index contributed by atoms with van der Waals surface area (Å²) in [4.78, 5) is 23.4. The number of rotatable bonds is 12. The van der Waals surface area contributed by atoms with Gasteiger partial charge in [0, 0.05) is 36.6 Å². The maximum absolute atomic E-state index is 13.6. The van der Waals surface area contributed by atoms with Crippen LogP contribution in [0.3, 0.4) is 0 Å². The van der Waals surface area contributed by atoms with Crippen molar-refractivity contribution in [2.75, 3.05) is 51.4 Å². The Balaban J connectivity index is 0.00000456. The highest BCUT2D eigenvalue weighted by atomic mass is 35.5. The molecule has 0 spiro atoms. The molecule has 0 fully saturated rings. The van der Waals surface area contributed by atoms with E-state index in [1.807, 2.05) is 51.2 Å². The molecular formula is C25H35ClN4O3S3. The number of thioether (sulfide) groups is 1. The largest absolute Gasteiger partial charge is 0.308 e. The van der Waals surface area contributed by atoms with E-state index >= 15 is 0 Å². The van der Waals surface area contributed by atoms with Crippen LogP contribution in [0.5, 0.6) is 0 Å². The Labute approximate surface area is 229 Å². The average molecular weight is 571 g/mol. The number of halogens is 1. The number of carbonyl (C=O) groups is 1. The second kappa shape index (κ2) is 13.7. The van der Waals surface area contributed by atoms with E-state index in [-0.39, 0.29) is 23.2 Å². The van der Waals surface area contributed by atoms with Crippen molar-refractivity contribution in [2.24, 2.45) is 0 Å². The van der Waals surface area contributed by atoms with Crippen molar-refractivity contribution in [3.63, 3.8) is 0 Å². The van der Waals surface area contributed by atoms with Crippen LogP contribution in [0.2, 0.25) is 0 Å². The summed E-state index contributed by atoms with van der Waals surface area (Å²) in [6, 6.07) is 12.4. The molecule has 0 radical (unpaired) electrons. The standard InChI is InChI=1S/C25H34N4O3S3.ClH/c1-6-14-28(15-7-2)35(31,32)21-11-8-19(9-12-21)24(30)29(17-16-27(3)4)25-26-22-13-10-20(33-5)18-23(22)34-25;/h8-13,18H,6-7,14-17H2,1-5H3;1H. The van der Waals surface area contributed by atoms with E-state index in [2.05, 4.69) is 6.07 Å². The lowest BCUT2D eigenvalue weighted by molar-refractivity contribution is 0.0985. The summed E-state index contributed by atoms with van der Waals surface area (Å²) < 4.78 is 28.7. The molecule has 0 N–H and O–H groups in total. The van der Waals surface area contributed by atoms with Gasteiger partial charge in [-0.3, -0.25) is 9.69 Å². The first-order chi connectivity index (χ1) is 16.7. The van der Waals surface area contributed by atoms with Crippen molar-refractivity contribution >= 4 is 66.8 Å². The first-order valence-electron chi connectivity index (χ1n) is 11.7. The van der Waals surface area contributed by atoms with Crippen LogP contribution in [0, 0.1) is 0 Å². The molecule has 0 saturated heterocycles. The Bertz CT molecular complexity index is 1240. The molecule has 0 atom stereocenters. The number of likely N-dealkylation sites (N-methyl/N-ethyl adjacent to an activating group) is 1. The third-order valence-corrected chi connectivity index (χ3v) is 9.20. The van der Waals surface area contributed by atoms with Crippen LogP contribution in [0.4, 0.5) is 5.13 Å². The zero-order valence-electron chi connectivity index (χ0n) is 21.4. The average Bonchev–Trinajstić information content (AvgIpc) is 3.26. The van der Waals surface area contributed by atoms with Crippen LogP contribution in [-0.2, 0) is 10.0 Å². The van der Waals surface area contributed by atoms with Gasteiger partial charge in [0.25, 0.3) is 5.91 Å². The maximum Gasteiger partial charge on any atom is 0.260 e. The summed E-state index contributed by atoms with van der Waals surface area (Å²) in [6.45, 7) is 6.03. The molecule has 198 valence electrons. The smallest absolute Gasteiger partial charge is 0.260 e. The molecule has 0 unspecified atom stereocenters. The minimum Gasteiger partial charge on any atom is -0.308 e. The zero-order chi connectivity index (χ0) is 25.6. The van der Waals surface area contributed by atoms with Gasteiger partial charge in [0.05, 0.1) is 15.1 Å². The first kappa shape index (κ1) is 30.5. The van der Waals surface area contributed by atoms with E-state index in [0.29, 0.717) is 36.9 Å². The normalized spacial score (nSPS) is 11.8. The summed E-state index contributed by atoms with van der Waals surface area (Å²) in [7, 11) is 0.328. The molecule has 0 saturated carbocycles. The van der Waals surface area contributed by atoms with Gasteiger partial charge in [0.15, 0.2) is 5.13 Å². The molecule has 1 aromatic heterocycles. The Morgan fingerprint density at radius 3 is 2.17 bits per heavy atom. The third-order valence-electron chi connectivity index (χ3n) is 5.52. The molecule has 0 aliphatic carbocycles. The molecule has 3 rings (SSSR count). The van der Waals surface area contributed by atoms with Gasteiger partial charge in [-0.15, -0.1) is 24.2 Å². The SMILES string of the molecule is CCCN(CCC)S(=O)(=O)c1ccc(C(=O)N(CCN(C)C)c2nc3ccc(SC)cc3s2)cc1.Cl. The number of thiazole rings is 1. The predicted molar refractivity (Wildman–Crippen MR) is 155 cm³/mol. The number of hydrogen-bond donors (Lipinski definition) is 0. The highest BCUT2D eigenvalue weighted by molar-refractivity contribution is 7.98. The summed E-state index contributed by atoms with van der Waals surface area (Å²) in [5.41, 5.74) is 1.29. The van der Waals surface area contributed by atoms with Crippen molar-refractivity contribution in [2.45, 2.75) is 36.5 Å². The molecule has 0 aliphatic heterocycles. The van der Waals surface area contributed by atoms with Crippen LogP contribution in [-0.4, -0.2) is 75.0 Å². The second-order valence-corrected chi connectivity index (χ2v) is 12.3. The highest BCUT2D eigenvalue weighted by Gasteiger charge is 2.25. The number of fused-ring (bicyclic) bond motifs is 1. The van der Waals surface area contributed by atoms with E-state index in [9.17, 15) is 13.2 Å². The van der Waals surface area contributed by atoms with Crippen LogP contribution in [0.15, 0.2) is 52.3 Å². The van der Waals surface area contributed by atoms with Gasteiger partial charge >= 0.3 is 0 Å². The maximum atomic E-state index is 13.6. The van der Waals surface area contributed by atoms with E-state index in [1.54, 1.807) is 28.8 Å². The minimum atomic E-state index is -3.60. The Morgan fingerprint density at radius 1 is 0.972 bits per heavy atom. The molecule has 7 nitrogen and oxygen atoms in total. The number of sulfonamides is 1. The topological polar surface area (TPSA) is 73.8 Å². The molecule has 1 heterocycles. The summed E-state index contributed by atoms with van der Waals surface area (Å²) >= 11 is 3.16. The quantitative estimate of drug-likeness (QED) is 0.269. The number of nitrogens with zero attached hydrogens (tertiary/aromatic N) is 4. The van der Waals surface area contributed by atoms with Gasteiger partial charge in [-0.05, 0) is 75.7 Å². The monoisotopic (exact) mass is 570 g/mol. The molecule has 11 heteroatoms. The fourth-order valence-electron chi connectivity index (χ4n) is 3.64. The predicted octanol–water partition coefficient (Wildman–Crippen LogP) is 5.46. The zero-order valence-corrected chi connectivity index (χ0v) is 24.7. The van der Waals surface area contributed by atoms with Crippen molar-refractivity contribution in [1.29, 1.82) is 0 Å². The van der Waals surface area contributed by atoms with Crippen molar-refractivity contribution in [3.8, 4) is 0 Å². The second-order valence-electron chi connectivity index (χ2n) is 8.52. The van der Waals surface area contributed by atoms with Crippen LogP contribution >= 0.6 is 35.5 Å².